The molecule has 0 spiro atoms. The number of alkyl halides is 3. The molecule has 1 aliphatic heterocycles. The SMILES string of the molecule is CCNc1nc(NC2CCN(C)CC2)cc(C(F)(F)F)n1. The van der Waals surface area contributed by atoms with Gasteiger partial charge in [-0.05, 0) is 39.9 Å². The number of nitrogens with one attached hydrogen (secondary N) is 2. The fourth-order valence-corrected chi connectivity index (χ4v) is 2.27. The maximum Gasteiger partial charge on any atom is 0.433 e. The lowest BCUT2D eigenvalue weighted by Gasteiger charge is -2.29. The highest BCUT2D eigenvalue weighted by Crippen LogP contribution is 2.30. The van der Waals surface area contributed by atoms with E-state index in [9.17, 15) is 13.2 Å². The fourth-order valence-electron chi connectivity index (χ4n) is 2.27. The Balaban J connectivity index is 2.15. The Morgan fingerprint density at radius 1 is 1.29 bits per heavy atom. The number of likely N-dealkylation sites (tertiary alicyclic amines) is 1. The maximum absolute atomic E-state index is 12.9. The zero-order chi connectivity index (χ0) is 15.5. The third-order valence-corrected chi connectivity index (χ3v) is 3.42. The number of hydrogen-bond donors (Lipinski definition) is 2. The highest BCUT2D eigenvalue weighted by atomic mass is 19.4. The second-order valence-corrected chi connectivity index (χ2v) is 5.21. The van der Waals surface area contributed by atoms with E-state index in [1.165, 1.54) is 0 Å². The number of nitrogens with zero attached hydrogens (tertiary/aromatic N) is 3. The van der Waals surface area contributed by atoms with Gasteiger partial charge in [0, 0.05) is 18.7 Å². The van der Waals surface area contributed by atoms with Crippen molar-refractivity contribution < 1.29 is 13.2 Å². The van der Waals surface area contributed by atoms with Crippen molar-refractivity contribution >= 4 is 11.8 Å². The first-order chi connectivity index (χ1) is 9.88. The van der Waals surface area contributed by atoms with Crippen molar-refractivity contribution in [1.29, 1.82) is 0 Å². The van der Waals surface area contributed by atoms with E-state index in [2.05, 4.69) is 25.5 Å². The van der Waals surface area contributed by atoms with Gasteiger partial charge in [0.25, 0.3) is 0 Å². The van der Waals surface area contributed by atoms with Crippen LogP contribution >= 0.6 is 0 Å². The van der Waals surface area contributed by atoms with E-state index in [1.54, 1.807) is 6.92 Å². The molecule has 0 bridgehead atoms. The Hall–Kier alpha value is -1.57. The second-order valence-electron chi connectivity index (χ2n) is 5.21. The van der Waals surface area contributed by atoms with Gasteiger partial charge in [0.2, 0.25) is 5.95 Å². The summed E-state index contributed by atoms with van der Waals surface area (Å²) in [5.74, 6) is 0.227. The van der Waals surface area contributed by atoms with E-state index < -0.39 is 11.9 Å². The average molecular weight is 303 g/mol. The lowest BCUT2D eigenvalue weighted by molar-refractivity contribution is -0.141. The van der Waals surface area contributed by atoms with Crippen LogP contribution in [-0.4, -0.2) is 47.6 Å². The van der Waals surface area contributed by atoms with Crippen molar-refractivity contribution in [3.8, 4) is 0 Å². The van der Waals surface area contributed by atoms with Crippen LogP contribution in [0.1, 0.15) is 25.5 Å². The zero-order valence-corrected chi connectivity index (χ0v) is 12.2. The van der Waals surface area contributed by atoms with Crippen molar-refractivity contribution in [3.05, 3.63) is 11.8 Å². The van der Waals surface area contributed by atoms with Gasteiger partial charge < -0.3 is 15.5 Å². The van der Waals surface area contributed by atoms with Gasteiger partial charge in [0.05, 0.1) is 0 Å². The summed E-state index contributed by atoms with van der Waals surface area (Å²) in [6.45, 7) is 4.10. The van der Waals surface area contributed by atoms with Crippen molar-refractivity contribution in [2.45, 2.75) is 32.0 Å². The van der Waals surface area contributed by atoms with E-state index in [0.29, 0.717) is 6.54 Å². The molecule has 0 unspecified atom stereocenters. The van der Waals surface area contributed by atoms with Crippen LogP contribution in [-0.2, 0) is 6.18 Å². The Labute approximate surface area is 122 Å². The third-order valence-electron chi connectivity index (χ3n) is 3.42. The van der Waals surface area contributed by atoms with Crippen LogP contribution in [0.3, 0.4) is 0 Å². The molecular weight excluding hydrogens is 283 g/mol. The summed E-state index contributed by atoms with van der Waals surface area (Å²) in [5.41, 5.74) is -0.927. The second kappa shape index (κ2) is 6.46. The zero-order valence-electron chi connectivity index (χ0n) is 12.2. The smallest absolute Gasteiger partial charge is 0.367 e. The van der Waals surface area contributed by atoms with Crippen molar-refractivity contribution in [2.75, 3.05) is 37.3 Å². The monoisotopic (exact) mass is 303 g/mol. The first-order valence-electron chi connectivity index (χ1n) is 7.03. The van der Waals surface area contributed by atoms with Gasteiger partial charge in [-0.2, -0.15) is 18.2 Å². The molecule has 2 N–H and O–H groups in total. The van der Waals surface area contributed by atoms with E-state index in [4.69, 9.17) is 0 Å². The number of halogens is 3. The topological polar surface area (TPSA) is 53.1 Å². The quantitative estimate of drug-likeness (QED) is 0.895. The minimum Gasteiger partial charge on any atom is -0.367 e. The van der Waals surface area contributed by atoms with E-state index in [-0.39, 0.29) is 17.8 Å². The molecule has 1 fully saturated rings. The Morgan fingerprint density at radius 3 is 2.52 bits per heavy atom. The van der Waals surface area contributed by atoms with Gasteiger partial charge >= 0.3 is 6.18 Å². The van der Waals surface area contributed by atoms with Gasteiger partial charge in [-0.25, -0.2) is 4.98 Å². The van der Waals surface area contributed by atoms with Crippen LogP contribution < -0.4 is 10.6 Å². The largest absolute Gasteiger partial charge is 0.433 e. The molecule has 8 heteroatoms. The minimum absolute atomic E-state index is 0.00255. The van der Waals surface area contributed by atoms with Crippen LogP contribution in [0.4, 0.5) is 24.9 Å². The minimum atomic E-state index is -4.48. The summed E-state index contributed by atoms with van der Waals surface area (Å²) in [7, 11) is 2.03. The van der Waals surface area contributed by atoms with Crippen LogP contribution in [0.25, 0.3) is 0 Å². The van der Waals surface area contributed by atoms with Crippen molar-refractivity contribution in [3.63, 3.8) is 0 Å². The lowest BCUT2D eigenvalue weighted by Crippen LogP contribution is -2.37. The van der Waals surface area contributed by atoms with Crippen LogP contribution in [0.2, 0.25) is 0 Å². The Morgan fingerprint density at radius 2 is 1.95 bits per heavy atom. The highest BCUT2D eigenvalue weighted by Gasteiger charge is 2.34. The molecule has 118 valence electrons. The predicted molar refractivity (Wildman–Crippen MR) is 75.3 cm³/mol. The number of hydrogen-bond acceptors (Lipinski definition) is 5. The van der Waals surface area contributed by atoms with Gasteiger partial charge in [-0.3, -0.25) is 0 Å². The Bertz CT molecular complexity index is 469. The lowest BCUT2D eigenvalue weighted by atomic mass is 10.1. The van der Waals surface area contributed by atoms with E-state index >= 15 is 0 Å². The standard InChI is InChI=1S/C13H20F3N5/c1-3-17-12-19-10(13(14,15)16)8-11(20-12)18-9-4-6-21(2)7-5-9/h8-9H,3-7H2,1-2H3,(H2,17,18,19,20). The number of piperidine rings is 1. The molecule has 2 heterocycles. The van der Waals surface area contributed by atoms with Crippen LogP contribution in [0.5, 0.6) is 0 Å². The molecule has 0 aliphatic carbocycles. The molecule has 1 saturated heterocycles. The molecule has 0 aromatic carbocycles. The summed E-state index contributed by atoms with van der Waals surface area (Å²) in [4.78, 5) is 9.80. The van der Waals surface area contributed by atoms with Gasteiger partial charge in [-0.1, -0.05) is 0 Å². The molecule has 1 aromatic rings. The first kappa shape index (κ1) is 15.8. The van der Waals surface area contributed by atoms with Crippen LogP contribution in [0, 0.1) is 0 Å². The summed E-state index contributed by atoms with van der Waals surface area (Å²) in [5, 5.41) is 5.83. The van der Waals surface area contributed by atoms with E-state index in [0.717, 1.165) is 32.0 Å². The highest BCUT2D eigenvalue weighted by molar-refractivity contribution is 5.43. The molecule has 0 radical (unpaired) electrons. The summed E-state index contributed by atoms with van der Waals surface area (Å²) in [6.07, 6.45) is -2.70. The predicted octanol–water partition coefficient (Wildman–Crippen LogP) is 2.43. The fraction of sp³-hybridized carbons (Fsp3) is 0.692. The number of aromatic nitrogens is 2. The Kier molecular flexibility index (Phi) is 4.87. The van der Waals surface area contributed by atoms with Crippen molar-refractivity contribution in [1.82, 2.24) is 14.9 Å². The summed E-state index contributed by atoms with van der Waals surface area (Å²) >= 11 is 0. The molecule has 1 aliphatic rings. The van der Waals surface area contributed by atoms with Gasteiger partial charge in [-0.15, -0.1) is 0 Å². The molecular formula is C13H20F3N5. The average Bonchev–Trinajstić information content (AvgIpc) is 2.41. The number of rotatable bonds is 4. The summed E-state index contributed by atoms with van der Waals surface area (Å²) < 4.78 is 38.6. The molecule has 1 aromatic heterocycles. The normalized spacial score (nSPS) is 17.8. The van der Waals surface area contributed by atoms with E-state index in [1.807, 2.05) is 7.05 Å². The van der Waals surface area contributed by atoms with Crippen molar-refractivity contribution in [2.24, 2.45) is 0 Å². The summed E-state index contributed by atoms with van der Waals surface area (Å²) in [6, 6.07) is 1.12. The number of anilines is 2. The molecule has 5 nitrogen and oxygen atoms in total. The molecule has 21 heavy (non-hydrogen) atoms. The first-order valence-corrected chi connectivity index (χ1v) is 7.03. The molecule has 0 atom stereocenters. The van der Waals surface area contributed by atoms with Gasteiger partial charge in [0.15, 0.2) is 5.69 Å². The van der Waals surface area contributed by atoms with Gasteiger partial charge in [0.1, 0.15) is 5.82 Å². The maximum atomic E-state index is 12.9. The molecule has 0 saturated carbocycles. The molecule has 2 rings (SSSR count). The molecule has 0 amide bonds. The third kappa shape index (κ3) is 4.45. The van der Waals surface area contributed by atoms with Crippen LogP contribution in [0.15, 0.2) is 6.07 Å².